The molecule has 3 aromatic rings. The Balaban J connectivity index is 1.40. The third-order valence-electron chi connectivity index (χ3n) is 4.89. The van der Waals surface area contributed by atoms with Crippen molar-refractivity contribution in [3.05, 3.63) is 56.4 Å². The van der Waals surface area contributed by atoms with Gasteiger partial charge in [0.15, 0.2) is 0 Å². The summed E-state index contributed by atoms with van der Waals surface area (Å²) in [4.78, 5) is 26.1. The zero-order valence-electron chi connectivity index (χ0n) is 14.6. The maximum atomic E-state index is 12.8. The molecule has 1 aliphatic carbocycles. The molecule has 26 heavy (non-hydrogen) atoms. The summed E-state index contributed by atoms with van der Waals surface area (Å²) in [5.74, 6) is -0.0242. The summed E-state index contributed by atoms with van der Waals surface area (Å²) in [6, 6.07) is 4.08. The van der Waals surface area contributed by atoms with Gasteiger partial charge in [0.1, 0.15) is 5.52 Å². The van der Waals surface area contributed by atoms with Gasteiger partial charge in [-0.15, -0.1) is 11.3 Å². The van der Waals surface area contributed by atoms with Gasteiger partial charge >= 0.3 is 0 Å². The van der Waals surface area contributed by atoms with E-state index in [-0.39, 0.29) is 11.5 Å². The lowest BCUT2D eigenvalue weighted by Crippen LogP contribution is -2.29. The molecule has 3 heterocycles. The summed E-state index contributed by atoms with van der Waals surface area (Å²) in [5, 5.41) is 9.50. The second-order valence-corrected chi connectivity index (χ2v) is 7.68. The topological polar surface area (TPSA) is 68.4 Å². The van der Waals surface area contributed by atoms with Gasteiger partial charge < -0.3 is 9.88 Å². The molecule has 4 rings (SSSR count). The number of aryl methyl sites for hydroxylation is 3. The van der Waals surface area contributed by atoms with Gasteiger partial charge in [-0.25, -0.2) is 4.52 Å². The maximum absolute atomic E-state index is 12.8. The number of carbonyl (C=O) groups excluding carboxylic acids is 1. The molecule has 0 spiro atoms. The zero-order chi connectivity index (χ0) is 17.9. The highest BCUT2D eigenvalue weighted by molar-refractivity contribution is 7.09. The van der Waals surface area contributed by atoms with Gasteiger partial charge in [0.05, 0.1) is 5.69 Å². The largest absolute Gasteiger partial charge is 0.356 e. The minimum absolute atomic E-state index is 0.0242. The lowest BCUT2D eigenvalue weighted by molar-refractivity contribution is -0.121. The van der Waals surface area contributed by atoms with Crippen LogP contribution in [0.2, 0.25) is 0 Å². The van der Waals surface area contributed by atoms with Crippen molar-refractivity contribution in [3.63, 3.8) is 0 Å². The summed E-state index contributed by atoms with van der Waals surface area (Å²) in [6.07, 6.45) is 8.81. The molecule has 0 atom stereocenters. The third kappa shape index (κ3) is 3.44. The first-order valence-corrected chi connectivity index (χ1v) is 9.99. The quantitative estimate of drug-likeness (QED) is 0.723. The van der Waals surface area contributed by atoms with Crippen molar-refractivity contribution in [2.24, 2.45) is 0 Å². The van der Waals surface area contributed by atoms with E-state index >= 15 is 0 Å². The van der Waals surface area contributed by atoms with E-state index in [1.807, 2.05) is 17.6 Å². The second-order valence-electron chi connectivity index (χ2n) is 6.65. The molecule has 0 aromatic carbocycles. The van der Waals surface area contributed by atoms with Crippen molar-refractivity contribution in [2.45, 2.75) is 45.1 Å². The van der Waals surface area contributed by atoms with Crippen LogP contribution in [-0.2, 0) is 30.6 Å². The number of carbonyl (C=O) groups is 1. The maximum Gasteiger partial charge on any atom is 0.276 e. The number of amides is 1. The fraction of sp³-hybridized carbons (Fsp3) is 0.421. The molecule has 1 aliphatic rings. The number of nitrogens with zero attached hydrogens (tertiary/aromatic N) is 3. The number of hydrogen-bond donors (Lipinski definition) is 1. The van der Waals surface area contributed by atoms with Crippen molar-refractivity contribution in [2.75, 3.05) is 6.54 Å². The van der Waals surface area contributed by atoms with Gasteiger partial charge in [0.25, 0.3) is 5.56 Å². The van der Waals surface area contributed by atoms with E-state index in [1.165, 1.54) is 4.88 Å². The molecule has 0 fully saturated rings. The third-order valence-corrected chi connectivity index (χ3v) is 5.82. The van der Waals surface area contributed by atoms with Crippen molar-refractivity contribution in [1.29, 1.82) is 0 Å². The Labute approximate surface area is 155 Å². The molecule has 0 aliphatic heterocycles. The van der Waals surface area contributed by atoms with Crippen LogP contribution >= 0.6 is 11.3 Å². The number of fused-ring (bicyclic) bond motifs is 3. The minimum atomic E-state index is -0.0467. The Morgan fingerprint density at radius 2 is 2.15 bits per heavy atom. The Morgan fingerprint density at radius 1 is 1.27 bits per heavy atom. The molecule has 0 radical (unpaired) electrons. The smallest absolute Gasteiger partial charge is 0.276 e. The van der Waals surface area contributed by atoms with Gasteiger partial charge in [-0.3, -0.25) is 9.59 Å². The number of aromatic nitrogens is 3. The van der Waals surface area contributed by atoms with E-state index in [2.05, 4.69) is 16.5 Å². The highest BCUT2D eigenvalue weighted by Gasteiger charge is 2.19. The minimum Gasteiger partial charge on any atom is -0.356 e. The summed E-state index contributed by atoms with van der Waals surface area (Å²) in [7, 11) is 0. The van der Waals surface area contributed by atoms with Crippen molar-refractivity contribution < 1.29 is 4.79 Å². The molecular weight excluding hydrogens is 348 g/mol. The van der Waals surface area contributed by atoms with Crippen molar-refractivity contribution in [1.82, 2.24) is 19.5 Å². The van der Waals surface area contributed by atoms with Gasteiger partial charge in [-0.05, 0) is 43.6 Å². The van der Waals surface area contributed by atoms with E-state index in [9.17, 15) is 9.59 Å². The number of thiophene rings is 1. The lowest BCUT2D eigenvalue weighted by atomic mass is 9.97. The van der Waals surface area contributed by atoms with Crippen LogP contribution in [0.25, 0.3) is 5.52 Å². The van der Waals surface area contributed by atoms with Gasteiger partial charge in [-0.2, -0.15) is 5.10 Å². The Hall–Kier alpha value is -2.41. The van der Waals surface area contributed by atoms with Gasteiger partial charge in [0.2, 0.25) is 5.91 Å². The Bertz CT molecular complexity index is 971. The average Bonchev–Trinajstić information content (AvgIpc) is 3.28. The van der Waals surface area contributed by atoms with Crippen molar-refractivity contribution in [3.8, 4) is 0 Å². The molecule has 7 heteroatoms. The number of nitrogens with one attached hydrogen (secondary N) is 1. The molecule has 0 saturated carbocycles. The van der Waals surface area contributed by atoms with Gasteiger partial charge in [-0.1, -0.05) is 6.07 Å². The van der Waals surface area contributed by atoms with Crippen LogP contribution in [0, 0.1) is 0 Å². The second kappa shape index (κ2) is 7.45. The van der Waals surface area contributed by atoms with Crippen LogP contribution in [0.5, 0.6) is 0 Å². The summed E-state index contributed by atoms with van der Waals surface area (Å²) in [6.45, 7) is 1.02. The van der Waals surface area contributed by atoms with E-state index in [0.29, 0.717) is 25.0 Å². The molecule has 1 amide bonds. The molecule has 0 bridgehead atoms. The first-order valence-electron chi connectivity index (χ1n) is 9.11. The molecule has 136 valence electrons. The first-order chi connectivity index (χ1) is 12.7. The summed E-state index contributed by atoms with van der Waals surface area (Å²) >= 11 is 1.69. The summed E-state index contributed by atoms with van der Waals surface area (Å²) < 4.78 is 3.33. The first kappa shape index (κ1) is 17.0. The Morgan fingerprint density at radius 3 is 3.00 bits per heavy atom. The molecular formula is C19H22N4O2S. The standard InChI is InChI=1S/C19H22N4O2S/c24-17(20-9-7-14-4-3-13-26-14)8-10-22-11-12-23-18(19(22)25)15-5-1-2-6-16(15)21-23/h3-4,11-13H,1-2,5-10H2,(H,20,24). The van der Waals surface area contributed by atoms with E-state index in [4.69, 9.17) is 0 Å². The fourth-order valence-electron chi connectivity index (χ4n) is 3.52. The van der Waals surface area contributed by atoms with Crippen LogP contribution in [0.1, 0.15) is 35.4 Å². The van der Waals surface area contributed by atoms with E-state index in [0.717, 1.165) is 43.4 Å². The highest BCUT2D eigenvalue weighted by atomic mass is 32.1. The number of rotatable bonds is 6. The average molecular weight is 370 g/mol. The SMILES string of the molecule is O=C(CCn1ccn2nc3c(c2c1=O)CCCC3)NCCc1cccs1. The predicted molar refractivity (Wildman–Crippen MR) is 102 cm³/mol. The zero-order valence-corrected chi connectivity index (χ0v) is 15.4. The normalized spacial score (nSPS) is 13.7. The van der Waals surface area contributed by atoms with Gasteiger partial charge in [0, 0.05) is 42.3 Å². The predicted octanol–water partition coefficient (Wildman–Crippen LogP) is 2.19. The van der Waals surface area contributed by atoms with Crippen LogP contribution in [0.4, 0.5) is 0 Å². The van der Waals surface area contributed by atoms with Crippen LogP contribution < -0.4 is 10.9 Å². The van der Waals surface area contributed by atoms with Crippen LogP contribution in [-0.4, -0.2) is 26.6 Å². The van der Waals surface area contributed by atoms with Crippen LogP contribution in [0.3, 0.4) is 0 Å². The molecule has 1 N–H and O–H groups in total. The van der Waals surface area contributed by atoms with E-state index in [1.54, 1.807) is 26.6 Å². The molecule has 3 aromatic heterocycles. The molecule has 0 saturated heterocycles. The lowest BCUT2D eigenvalue weighted by Gasteiger charge is -2.09. The van der Waals surface area contributed by atoms with Crippen molar-refractivity contribution >= 4 is 22.8 Å². The highest BCUT2D eigenvalue weighted by Crippen LogP contribution is 2.22. The molecule has 0 unspecified atom stereocenters. The van der Waals surface area contributed by atoms with E-state index < -0.39 is 0 Å². The Kier molecular flexibility index (Phi) is 4.88. The molecule has 6 nitrogen and oxygen atoms in total. The monoisotopic (exact) mass is 370 g/mol. The number of hydrogen-bond acceptors (Lipinski definition) is 4. The van der Waals surface area contributed by atoms with Crippen LogP contribution in [0.15, 0.2) is 34.7 Å². The summed E-state index contributed by atoms with van der Waals surface area (Å²) in [5.41, 5.74) is 2.78. The fourth-order valence-corrected chi connectivity index (χ4v) is 4.23.